The number of imidazole rings is 1. The summed E-state index contributed by atoms with van der Waals surface area (Å²) >= 11 is 0. The third-order valence-corrected chi connectivity index (χ3v) is 6.91. The summed E-state index contributed by atoms with van der Waals surface area (Å²) in [5.74, 6) is 1.06. The molecular formula is C28H27N3O3S. The third kappa shape index (κ3) is 4.59. The fraction of sp³-hybridized carbons (Fsp3) is 0.179. The number of rotatable bonds is 5. The topological polar surface area (TPSA) is 72.7 Å². The van der Waals surface area contributed by atoms with Crippen LogP contribution < -0.4 is 9.50 Å². The summed E-state index contributed by atoms with van der Waals surface area (Å²) in [4.78, 5) is 5.00. The Labute approximate surface area is 205 Å². The minimum Gasteiger partial charge on any atom is -0.379 e. The number of fused-ring (bicyclic) bond motifs is 2. The van der Waals surface area contributed by atoms with Crippen molar-refractivity contribution in [3.63, 3.8) is 0 Å². The maximum absolute atomic E-state index is 13.2. The van der Waals surface area contributed by atoms with E-state index >= 15 is 0 Å². The highest BCUT2D eigenvalue weighted by Crippen LogP contribution is 2.34. The molecule has 0 fully saturated rings. The van der Waals surface area contributed by atoms with Gasteiger partial charge >= 0.3 is 10.1 Å². The summed E-state index contributed by atoms with van der Waals surface area (Å²) in [6.45, 7) is 8.28. The first kappa shape index (κ1) is 22.9. The number of aromatic nitrogens is 2. The number of nitrogens with zero attached hydrogens (tertiary/aromatic N) is 2. The average Bonchev–Trinajstić information content (AvgIpc) is 3.14. The average molecular weight is 486 g/mol. The highest BCUT2D eigenvalue weighted by atomic mass is 32.2. The predicted molar refractivity (Wildman–Crippen MR) is 141 cm³/mol. The minimum absolute atomic E-state index is 0.138. The SMILES string of the molecule is Cc1ccn2c(NC(C)(C)C)c(-c3cccc(OS(=O)(=O)c4cccc5ccccc45)c3)nc2c1. The lowest BCUT2D eigenvalue weighted by Gasteiger charge is -2.22. The van der Waals surface area contributed by atoms with Crippen LogP contribution in [-0.2, 0) is 10.1 Å². The molecule has 5 rings (SSSR count). The normalized spacial score (nSPS) is 12.2. The quantitative estimate of drug-likeness (QED) is 0.290. The van der Waals surface area contributed by atoms with E-state index in [1.54, 1.807) is 36.4 Å². The van der Waals surface area contributed by atoms with Crippen molar-refractivity contribution in [3.8, 4) is 17.0 Å². The Hall–Kier alpha value is -3.84. The molecule has 3 aromatic carbocycles. The highest BCUT2D eigenvalue weighted by molar-refractivity contribution is 7.87. The fourth-order valence-electron chi connectivity index (χ4n) is 4.10. The number of nitrogens with one attached hydrogen (secondary N) is 1. The number of aryl methyl sites for hydroxylation is 1. The summed E-state index contributed by atoms with van der Waals surface area (Å²) < 4.78 is 34.1. The van der Waals surface area contributed by atoms with Crippen molar-refractivity contribution >= 4 is 32.4 Å². The van der Waals surface area contributed by atoms with Gasteiger partial charge in [-0.25, -0.2) is 4.98 Å². The van der Waals surface area contributed by atoms with E-state index in [-0.39, 0.29) is 16.2 Å². The van der Waals surface area contributed by atoms with E-state index in [9.17, 15) is 8.42 Å². The van der Waals surface area contributed by atoms with Gasteiger partial charge in [-0.1, -0.05) is 48.5 Å². The van der Waals surface area contributed by atoms with Crippen LogP contribution in [0.2, 0.25) is 0 Å². The van der Waals surface area contributed by atoms with Crippen molar-refractivity contribution in [1.82, 2.24) is 9.38 Å². The van der Waals surface area contributed by atoms with Crippen LogP contribution in [0, 0.1) is 6.92 Å². The van der Waals surface area contributed by atoms with Gasteiger partial charge in [-0.2, -0.15) is 8.42 Å². The zero-order valence-electron chi connectivity index (χ0n) is 20.1. The van der Waals surface area contributed by atoms with Crippen molar-refractivity contribution in [2.24, 2.45) is 0 Å². The van der Waals surface area contributed by atoms with Crippen LogP contribution >= 0.6 is 0 Å². The molecule has 0 saturated carbocycles. The maximum atomic E-state index is 13.2. The van der Waals surface area contributed by atoms with Crippen LogP contribution in [0.3, 0.4) is 0 Å². The molecule has 0 bridgehead atoms. The van der Waals surface area contributed by atoms with Crippen LogP contribution in [0.25, 0.3) is 27.7 Å². The standard InChI is InChI=1S/C28H27N3O3S/c1-19-15-16-31-25(17-19)29-26(27(31)30-28(2,3)4)21-11-7-12-22(18-21)34-35(32,33)24-14-8-10-20-9-5-6-13-23(20)24/h5-18,30H,1-4H3. The molecule has 5 aromatic rings. The van der Waals surface area contributed by atoms with E-state index in [4.69, 9.17) is 9.17 Å². The van der Waals surface area contributed by atoms with Gasteiger partial charge in [-0.3, -0.25) is 4.40 Å². The molecule has 0 aliphatic carbocycles. The van der Waals surface area contributed by atoms with E-state index in [1.165, 1.54) is 0 Å². The first-order valence-electron chi connectivity index (χ1n) is 11.4. The predicted octanol–water partition coefficient (Wildman–Crippen LogP) is 6.44. The Morgan fingerprint density at radius 3 is 2.46 bits per heavy atom. The Bertz CT molecular complexity index is 1660. The van der Waals surface area contributed by atoms with E-state index < -0.39 is 10.1 Å². The largest absolute Gasteiger partial charge is 0.379 e. The Morgan fingerprint density at radius 2 is 1.66 bits per heavy atom. The molecule has 0 unspecified atom stereocenters. The molecule has 0 aliphatic rings. The maximum Gasteiger partial charge on any atom is 0.339 e. The number of hydrogen-bond donors (Lipinski definition) is 1. The lowest BCUT2D eigenvalue weighted by molar-refractivity contribution is 0.487. The van der Waals surface area contributed by atoms with Gasteiger partial charge in [0.1, 0.15) is 27.8 Å². The Balaban J connectivity index is 1.57. The minimum atomic E-state index is -4.05. The molecule has 0 radical (unpaired) electrons. The van der Waals surface area contributed by atoms with Gasteiger partial charge < -0.3 is 9.50 Å². The highest BCUT2D eigenvalue weighted by Gasteiger charge is 2.22. The summed E-state index contributed by atoms with van der Waals surface area (Å²) in [5, 5.41) is 5.01. The number of pyridine rings is 1. The first-order valence-corrected chi connectivity index (χ1v) is 12.8. The molecule has 0 amide bonds. The second-order valence-corrected chi connectivity index (χ2v) is 11.2. The zero-order chi connectivity index (χ0) is 24.8. The van der Waals surface area contributed by atoms with Gasteiger partial charge in [0.15, 0.2) is 0 Å². The molecule has 0 saturated heterocycles. The van der Waals surface area contributed by atoms with E-state index in [1.807, 2.05) is 60.0 Å². The molecule has 7 heteroatoms. The monoisotopic (exact) mass is 485 g/mol. The van der Waals surface area contributed by atoms with E-state index in [0.29, 0.717) is 5.39 Å². The number of benzene rings is 3. The fourth-order valence-corrected chi connectivity index (χ4v) is 5.25. The lowest BCUT2D eigenvalue weighted by Crippen LogP contribution is -2.27. The van der Waals surface area contributed by atoms with Crippen LogP contribution in [0.5, 0.6) is 5.75 Å². The summed E-state index contributed by atoms with van der Waals surface area (Å²) in [6, 6.07) is 23.6. The van der Waals surface area contributed by atoms with Crippen LogP contribution in [0.15, 0.2) is 90.0 Å². The zero-order valence-corrected chi connectivity index (χ0v) is 20.9. The van der Waals surface area contributed by atoms with Gasteiger partial charge in [0.05, 0.1) is 0 Å². The Kier molecular flexibility index (Phi) is 5.52. The first-order chi connectivity index (χ1) is 16.6. The van der Waals surface area contributed by atoms with Crippen molar-refractivity contribution < 1.29 is 12.6 Å². The van der Waals surface area contributed by atoms with Gasteiger partial charge in [0.2, 0.25) is 0 Å². The van der Waals surface area contributed by atoms with Crippen molar-refractivity contribution in [2.45, 2.75) is 38.1 Å². The summed E-state index contributed by atoms with van der Waals surface area (Å²) in [7, 11) is -4.05. The van der Waals surface area contributed by atoms with Gasteiger partial charge in [-0.05, 0) is 69.0 Å². The van der Waals surface area contributed by atoms with Gasteiger partial charge in [0.25, 0.3) is 0 Å². The number of anilines is 1. The third-order valence-electron chi connectivity index (χ3n) is 5.61. The van der Waals surface area contributed by atoms with Gasteiger partial charge in [-0.15, -0.1) is 0 Å². The molecule has 0 aliphatic heterocycles. The van der Waals surface area contributed by atoms with Crippen molar-refractivity contribution in [1.29, 1.82) is 0 Å². The lowest BCUT2D eigenvalue weighted by atomic mass is 10.1. The van der Waals surface area contributed by atoms with Crippen LogP contribution in [0.1, 0.15) is 26.3 Å². The van der Waals surface area contributed by atoms with E-state index in [0.717, 1.165) is 33.7 Å². The second-order valence-electron chi connectivity index (χ2n) is 9.66. The smallest absolute Gasteiger partial charge is 0.339 e. The second kappa shape index (κ2) is 8.43. The van der Waals surface area contributed by atoms with Crippen molar-refractivity contribution in [2.75, 3.05) is 5.32 Å². The number of hydrogen-bond acceptors (Lipinski definition) is 5. The Morgan fingerprint density at radius 1 is 0.914 bits per heavy atom. The van der Waals surface area contributed by atoms with E-state index in [2.05, 4.69) is 26.1 Å². The molecule has 178 valence electrons. The molecule has 0 atom stereocenters. The molecular weight excluding hydrogens is 458 g/mol. The molecule has 2 heterocycles. The van der Waals surface area contributed by atoms with Crippen LogP contribution in [0.4, 0.5) is 5.82 Å². The molecule has 6 nitrogen and oxygen atoms in total. The summed E-state index contributed by atoms with van der Waals surface area (Å²) in [6.07, 6.45) is 1.99. The van der Waals surface area contributed by atoms with Gasteiger partial charge in [0, 0.05) is 22.7 Å². The van der Waals surface area contributed by atoms with Crippen molar-refractivity contribution in [3.05, 3.63) is 90.6 Å². The molecule has 35 heavy (non-hydrogen) atoms. The molecule has 1 N–H and O–H groups in total. The van der Waals surface area contributed by atoms with Crippen LogP contribution in [-0.4, -0.2) is 23.3 Å². The molecule has 0 spiro atoms. The molecule has 2 aromatic heterocycles. The summed E-state index contributed by atoms with van der Waals surface area (Å²) in [5.41, 5.74) is 3.18.